The second-order valence-electron chi connectivity index (χ2n) is 5.35. The molecular formula is C15H19NO5. The summed E-state index contributed by atoms with van der Waals surface area (Å²) in [5, 5.41) is 9.33. The molecule has 0 spiro atoms. The summed E-state index contributed by atoms with van der Waals surface area (Å²) in [5.74, 6) is 1.16. The van der Waals surface area contributed by atoms with Gasteiger partial charge in [0.1, 0.15) is 6.04 Å². The Morgan fingerprint density at radius 1 is 1.43 bits per heavy atom. The minimum Gasteiger partial charge on any atom is -0.493 e. The lowest BCUT2D eigenvalue weighted by Gasteiger charge is -2.32. The zero-order valence-corrected chi connectivity index (χ0v) is 12.0. The molecule has 2 aliphatic heterocycles. The number of hydrogen-bond donors (Lipinski definition) is 1. The average molecular weight is 293 g/mol. The Kier molecular flexibility index (Phi) is 3.88. The summed E-state index contributed by atoms with van der Waals surface area (Å²) in [7, 11) is 1.59. The molecule has 2 aliphatic rings. The van der Waals surface area contributed by atoms with Gasteiger partial charge in [-0.25, -0.2) is 0 Å². The van der Waals surface area contributed by atoms with Gasteiger partial charge in [-0.2, -0.15) is 0 Å². The number of aliphatic carboxylic acids is 1. The van der Waals surface area contributed by atoms with Crippen LogP contribution in [-0.2, 0) is 11.3 Å². The highest BCUT2D eigenvalue weighted by atomic mass is 16.7. The van der Waals surface area contributed by atoms with Crippen molar-refractivity contribution < 1.29 is 24.1 Å². The van der Waals surface area contributed by atoms with E-state index in [-0.39, 0.29) is 6.79 Å². The first-order valence-electron chi connectivity index (χ1n) is 7.12. The summed E-state index contributed by atoms with van der Waals surface area (Å²) in [4.78, 5) is 13.4. The van der Waals surface area contributed by atoms with Gasteiger partial charge in [0.2, 0.25) is 12.5 Å². The van der Waals surface area contributed by atoms with Crippen LogP contribution in [0.2, 0.25) is 0 Å². The summed E-state index contributed by atoms with van der Waals surface area (Å²) < 4.78 is 16.1. The Hall–Kier alpha value is -1.95. The normalized spacial score (nSPS) is 21.3. The lowest BCUT2D eigenvalue weighted by molar-refractivity contribution is -0.144. The number of likely N-dealkylation sites (tertiary alicyclic amines) is 1. The van der Waals surface area contributed by atoms with Crippen molar-refractivity contribution in [3.63, 3.8) is 0 Å². The molecule has 1 aromatic carbocycles. The Morgan fingerprint density at radius 2 is 2.29 bits per heavy atom. The van der Waals surface area contributed by atoms with Gasteiger partial charge in [-0.15, -0.1) is 0 Å². The van der Waals surface area contributed by atoms with Gasteiger partial charge in [-0.1, -0.05) is 6.42 Å². The van der Waals surface area contributed by atoms with Crippen LogP contribution in [0.1, 0.15) is 24.8 Å². The first-order chi connectivity index (χ1) is 10.2. The third kappa shape index (κ3) is 2.76. The number of carbonyl (C=O) groups is 1. The van der Waals surface area contributed by atoms with E-state index in [1.54, 1.807) is 7.11 Å². The van der Waals surface area contributed by atoms with Gasteiger partial charge in [0.05, 0.1) is 7.11 Å². The molecule has 0 aliphatic carbocycles. The Bertz CT molecular complexity index is 545. The van der Waals surface area contributed by atoms with Crippen molar-refractivity contribution in [2.45, 2.75) is 31.8 Å². The predicted octanol–water partition coefficient (Wildman–Crippen LogP) is 1.86. The maximum absolute atomic E-state index is 11.4. The number of methoxy groups -OCH3 is 1. The van der Waals surface area contributed by atoms with Crippen LogP contribution in [0.4, 0.5) is 0 Å². The van der Waals surface area contributed by atoms with E-state index in [0.717, 1.165) is 24.9 Å². The molecule has 0 amide bonds. The van der Waals surface area contributed by atoms with E-state index in [0.29, 0.717) is 30.2 Å². The third-order valence-corrected chi connectivity index (χ3v) is 4.00. The molecule has 1 N–H and O–H groups in total. The first-order valence-corrected chi connectivity index (χ1v) is 7.12. The van der Waals surface area contributed by atoms with Crippen molar-refractivity contribution in [2.75, 3.05) is 20.4 Å². The number of nitrogens with zero attached hydrogens (tertiary/aromatic N) is 1. The van der Waals surface area contributed by atoms with Crippen molar-refractivity contribution in [3.05, 3.63) is 17.7 Å². The molecule has 6 nitrogen and oxygen atoms in total. The Balaban J connectivity index is 1.82. The number of piperidine rings is 1. The van der Waals surface area contributed by atoms with Gasteiger partial charge >= 0.3 is 5.97 Å². The molecule has 0 radical (unpaired) electrons. The molecule has 1 atom stereocenters. The highest BCUT2D eigenvalue weighted by Gasteiger charge is 2.29. The maximum Gasteiger partial charge on any atom is 0.320 e. The summed E-state index contributed by atoms with van der Waals surface area (Å²) in [6, 6.07) is 3.38. The minimum atomic E-state index is -0.748. The topological polar surface area (TPSA) is 68.2 Å². The molecule has 6 heteroatoms. The van der Waals surface area contributed by atoms with Crippen molar-refractivity contribution in [1.29, 1.82) is 0 Å². The van der Waals surface area contributed by atoms with Gasteiger partial charge in [-0.3, -0.25) is 9.69 Å². The molecule has 21 heavy (non-hydrogen) atoms. The van der Waals surface area contributed by atoms with Crippen molar-refractivity contribution in [2.24, 2.45) is 0 Å². The summed E-state index contributed by atoms with van der Waals surface area (Å²) in [6.07, 6.45) is 2.71. The molecule has 1 aromatic rings. The van der Waals surface area contributed by atoms with Gasteiger partial charge in [0.15, 0.2) is 11.5 Å². The molecule has 0 bridgehead atoms. The lowest BCUT2D eigenvalue weighted by Crippen LogP contribution is -2.43. The fourth-order valence-electron chi connectivity index (χ4n) is 2.97. The highest BCUT2D eigenvalue weighted by Crippen LogP contribution is 2.42. The van der Waals surface area contributed by atoms with Crippen molar-refractivity contribution >= 4 is 5.97 Å². The van der Waals surface area contributed by atoms with Crippen LogP contribution < -0.4 is 14.2 Å². The Morgan fingerprint density at radius 3 is 3.05 bits per heavy atom. The van der Waals surface area contributed by atoms with Gasteiger partial charge in [0, 0.05) is 6.54 Å². The van der Waals surface area contributed by atoms with Crippen molar-refractivity contribution in [3.8, 4) is 17.2 Å². The van der Waals surface area contributed by atoms with Crippen LogP contribution >= 0.6 is 0 Å². The number of ether oxygens (including phenoxy) is 3. The molecule has 2 heterocycles. The monoisotopic (exact) mass is 293 g/mol. The van der Waals surface area contributed by atoms with Gasteiger partial charge in [-0.05, 0) is 37.1 Å². The molecule has 1 saturated heterocycles. The van der Waals surface area contributed by atoms with Crippen molar-refractivity contribution in [1.82, 2.24) is 4.90 Å². The minimum absolute atomic E-state index is 0.191. The smallest absolute Gasteiger partial charge is 0.320 e. The SMILES string of the molecule is COc1cc(CN2CCCCC2C(=O)O)cc2c1OCO2. The average Bonchev–Trinajstić information content (AvgIpc) is 2.95. The van der Waals surface area contributed by atoms with Gasteiger partial charge < -0.3 is 19.3 Å². The van der Waals surface area contributed by atoms with Crippen LogP contribution in [0.3, 0.4) is 0 Å². The molecular weight excluding hydrogens is 274 g/mol. The zero-order chi connectivity index (χ0) is 14.8. The molecule has 0 saturated carbocycles. The summed E-state index contributed by atoms with van der Waals surface area (Å²) >= 11 is 0. The van der Waals surface area contributed by atoms with E-state index in [1.165, 1.54) is 0 Å². The molecule has 0 aromatic heterocycles. The van der Waals surface area contributed by atoms with Crippen LogP contribution in [0.15, 0.2) is 12.1 Å². The fraction of sp³-hybridized carbons (Fsp3) is 0.533. The Labute approximate surface area is 123 Å². The number of hydrogen-bond acceptors (Lipinski definition) is 5. The van der Waals surface area contributed by atoms with Crippen LogP contribution in [0.5, 0.6) is 17.2 Å². The summed E-state index contributed by atoms with van der Waals surface area (Å²) in [6.45, 7) is 1.56. The van der Waals surface area contributed by atoms with Crippen LogP contribution in [-0.4, -0.2) is 42.5 Å². The maximum atomic E-state index is 11.4. The second kappa shape index (κ2) is 5.81. The van der Waals surface area contributed by atoms with Gasteiger partial charge in [0.25, 0.3) is 0 Å². The van der Waals surface area contributed by atoms with E-state index in [4.69, 9.17) is 14.2 Å². The molecule has 1 unspecified atom stereocenters. The molecule has 3 rings (SSSR count). The van der Waals surface area contributed by atoms with E-state index < -0.39 is 12.0 Å². The fourth-order valence-corrected chi connectivity index (χ4v) is 2.97. The van der Waals surface area contributed by atoms with E-state index in [9.17, 15) is 9.90 Å². The molecule has 114 valence electrons. The predicted molar refractivity (Wildman–Crippen MR) is 74.8 cm³/mol. The zero-order valence-electron chi connectivity index (χ0n) is 12.0. The molecule has 1 fully saturated rings. The number of benzene rings is 1. The number of carboxylic acid groups (broad SMARTS) is 1. The highest BCUT2D eigenvalue weighted by molar-refractivity contribution is 5.73. The quantitative estimate of drug-likeness (QED) is 0.914. The first kappa shape index (κ1) is 14.0. The lowest BCUT2D eigenvalue weighted by atomic mass is 10.0. The third-order valence-electron chi connectivity index (χ3n) is 4.00. The second-order valence-corrected chi connectivity index (χ2v) is 5.35. The van der Waals surface area contributed by atoms with E-state index >= 15 is 0 Å². The van der Waals surface area contributed by atoms with Crippen LogP contribution in [0.25, 0.3) is 0 Å². The van der Waals surface area contributed by atoms with E-state index in [2.05, 4.69) is 0 Å². The number of fused-ring (bicyclic) bond motifs is 1. The standard InChI is InChI=1S/C15H19NO5/c1-19-12-6-10(7-13-14(12)21-9-20-13)8-16-5-3-2-4-11(16)15(17)18/h6-7,11H,2-5,8-9H2,1H3,(H,17,18). The van der Waals surface area contributed by atoms with E-state index in [1.807, 2.05) is 17.0 Å². The number of carboxylic acids is 1. The number of rotatable bonds is 4. The van der Waals surface area contributed by atoms with Crippen LogP contribution in [0, 0.1) is 0 Å². The summed E-state index contributed by atoms with van der Waals surface area (Å²) in [5.41, 5.74) is 0.976. The largest absolute Gasteiger partial charge is 0.493 e.